The average Bonchev–Trinajstić information content (AvgIpc) is 3.36. The van der Waals surface area contributed by atoms with E-state index in [-0.39, 0.29) is 23.6 Å². The average molecular weight is 594 g/mol. The summed E-state index contributed by atoms with van der Waals surface area (Å²) in [6.45, 7) is 5.91. The smallest absolute Gasteiger partial charge is 0.280 e. The zero-order chi connectivity index (χ0) is 31.1. The number of nitrogens with zero attached hydrogens (tertiary/aromatic N) is 3. The molecule has 0 aliphatic carbocycles. The molecule has 9 nitrogen and oxygen atoms in total. The van der Waals surface area contributed by atoms with Crippen LogP contribution in [0.2, 0.25) is 0 Å². The number of nitrogens with one attached hydrogen (secondary N) is 2. The molecule has 9 heteroatoms. The summed E-state index contributed by atoms with van der Waals surface area (Å²) in [5.74, 6) is 0.611. The Kier molecular flexibility index (Phi) is 9.76. The number of ether oxygens (including phenoxy) is 1. The normalized spacial score (nSPS) is 11.3. The molecule has 0 atom stereocenters. The SMILES string of the molecule is CCCCN(C)Cc1c2c(=O)n(-c3ccc(OCc4ccccc4)cc3)[nH]c2cc(=O)n1Cc1cccc(NC(=O)CC)c1. The Balaban J connectivity index is 1.50. The van der Waals surface area contributed by atoms with Crippen molar-refractivity contribution in [1.29, 1.82) is 0 Å². The lowest BCUT2D eigenvalue weighted by Crippen LogP contribution is -2.30. The number of carbonyl (C=O) groups excluding carboxylic acids is 1. The number of aromatic amines is 1. The number of benzene rings is 3. The Morgan fingerprint density at radius 3 is 2.41 bits per heavy atom. The highest BCUT2D eigenvalue weighted by Gasteiger charge is 2.19. The number of pyridine rings is 1. The number of rotatable bonds is 13. The van der Waals surface area contributed by atoms with Crippen molar-refractivity contribution in [3.05, 3.63) is 122 Å². The molecule has 2 N–H and O–H groups in total. The summed E-state index contributed by atoms with van der Waals surface area (Å²) < 4.78 is 9.07. The second-order valence-corrected chi connectivity index (χ2v) is 11.0. The maximum Gasteiger partial charge on any atom is 0.280 e. The molecule has 228 valence electrons. The van der Waals surface area contributed by atoms with Crippen LogP contribution in [0.3, 0.4) is 0 Å². The molecule has 0 saturated carbocycles. The maximum atomic E-state index is 14.0. The fourth-order valence-corrected chi connectivity index (χ4v) is 5.20. The molecule has 1 amide bonds. The summed E-state index contributed by atoms with van der Waals surface area (Å²) in [5, 5.41) is 6.53. The molecule has 3 aromatic carbocycles. The molecule has 0 bridgehead atoms. The third-order valence-corrected chi connectivity index (χ3v) is 7.60. The van der Waals surface area contributed by atoms with Crippen molar-refractivity contribution in [3.63, 3.8) is 0 Å². The molecule has 44 heavy (non-hydrogen) atoms. The highest BCUT2D eigenvalue weighted by atomic mass is 16.5. The third kappa shape index (κ3) is 7.18. The Morgan fingerprint density at radius 1 is 0.932 bits per heavy atom. The minimum atomic E-state index is -0.227. The van der Waals surface area contributed by atoms with Gasteiger partial charge in [0.15, 0.2) is 0 Å². The quantitative estimate of drug-likeness (QED) is 0.183. The van der Waals surface area contributed by atoms with E-state index in [4.69, 9.17) is 4.74 Å². The molecule has 0 saturated heterocycles. The van der Waals surface area contributed by atoms with Crippen LogP contribution in [0.25, 0.3) is 16.6 Å². The Labute approximate surface area is 256 Å². The summed E-state index contributed by atoms with van der Waals surface area (Å²) in [6.07, 6.45) is 2.42. The molecule has 0 unspecified atom stereocenters. The van der Waals surface area contributed by atoms with E-state index in [1.165, 1.54) is 10.7 Å². The van der Waals surface area contributed by atoms with E-state index < -0.39 is 0 Å². The van der Waals surface area contributed by atoms with Crippen LogP contribution in [0.5, 0.6) is 5.75 Å². The summed E-state index contributed by atoms with van der Waals surface area (Å²) in [5.41, 5.74) is 3.93. The van der Waals surface area contributed by atoms with Gasteiger partial charge < -0.3 is 19.5 Å². The van der Waals surface area contributed by atoms with Gasteiger partial charge in [-0.1, -0.05) is 62.7 Å². The summed E-state index contributed by atoms with van der Waals surface area (Å²) in [7, 11) is 2.00. The lowest BCUT2D eigenvalue weighted by atomic mass is 10.1. The first-order valence-electron chi connectivity index (χ1n) is 15.1. The first-order chi connectivity index (χ1) is 21.4. The number of fused-ring (bicyclic) bond motifs is 1. The van der Waals surface area contributed by atoms with Gasteiger partial charge in [0.25, 0.3) is 11.1 Å². The monoisotopic (exact) mass is 593 g/mol. The molecule has 5 rings (SSSR count). The van der Waals surface area contributed by atoms with Crippen molar-refractivity contribution < 1.29 is 9.53 Å². The molecule has 0 spiro atoms. The summed E-state index contributed by atoms with van der Waals surface area (Å²) in [4.78, 5) is 41.7. The van der Waals surface area contributed by atoms with Gasteiger partial charge in [0.05, 0.1) is 28.8 Å². The number of H-pyrrole nitrogens is 1. The third-order valence-electron chi connectivity index (χ3n) is 7.60. The van der Waals surface area contributed by atoms with E-state index in [1.807, 2.05) is 85.9 Å². The topological polar surface area (TPSA) is 101 Å². The molecule has 5 aromatic rings. The van der Waals surface area contributed by atoms with Crippen molar-refractivity contribution in [2.75, 3.05) is 18.9 Å². The van der Waals surface area contributed by atoms with Crippen LogP contribution in [-0.4, -0.2) is 38.7 Å². The van der Waals surface area contributed by atoms with Crippen LogP contribution < -0.4 is 21.2 Å². The van der Waals surface area contributed by atoms with Crippen LogP contribution in [-0.2, 0) is 24.5 Å². The predicted molar refractivity (Wildman–Crippen MR) is 175 cm³/mol. The zero-order valence-electron chi connectivity index (χ0n) is 25.5. The minimum Gasteiger partial charge on any atom is -0.489 e. The van der Waals surface area contributed by atoms with Crippen LogP contribution >= 0.6 is 0 Å². The maximum absolute atomic E-state index is 14.0. The van der Waals surface area contributed by atoms with E-state index >= 15 is 0 Å². The van der Waals surface area contributed by atoms with Gasteiger partial charge in [0, 0.05) is 24.7 Å². The number of hydrogen-bond donors (Lipinski definition) is 2. The standard InChI is InChI=1S/C35H39N5O4/c1-4-6-19-38(3)23-31-34-30(21-33(42)39(31)22-26-13-10-14-27(20-26)36-32(41)5-2)37-40(35(34)43)28-15-17-29(18-16-28)44-24-25-11-8-7-9-12-25/h7-18,20-21,37H,4-6,19,22-24H2,1-3H3,(H,36,41). The number of unbranched alkanes of at least 4 members (excludes halogenated alkanes) is 1. The molecule has 2 heterocycles. The first kappa shape index (κ1) is 30.6. The van der Waals surface area contributed by atoms with Gasteiger partial charge in [-0.15, -0.1) is 0 Å². The molecule has 0 aliphatic heterocycles. The molecule has 2 aromatic heterocycles. The second-order valence-electron chi connectivity index (χ2n) is 11.0. The number of amides is 1. The van der Waals surface area contributed by atoms with Gasteiger partial charge in [-0.25, -0.2) is 4.68 Å². The minimum absolute atomic E-state index is 0.0809. The van der Waals surface area contributed by atoms with Crippen LogP contribution in [0.15, 0.2) is 94.5 Å². The fraction of sp³-hybridized carbons (Fsp3) is 0.286. The lowest BCUT2D eigenvalue weighted by molar-refractivity contribution is -0.115. The summed E-state index contributed by atoms with van der Waals surface area (Å²) >= 11 is 0. The number of hydrogen-bond acceptors (Lipinski definition) is 5. The molecular formula is C35H39N5O4. The largest absolute Gasteiger partial charge is 0.489 e. The fourth-order valence-electron chi connectivity index (χ4n) is 5.20. The number of anilines is 1. The van der Waals surface area contributed by atoms with Gasteiger partial charge in [-0.3, -0.25) is 19.5 Å². The van der Waals surface area contributed by atoms with Crippen molar-refractivity contribution in [2.24, 2.45) is 0 Å². The van der Waals surface area contributed by atoms with Crippen molar-refractivity contribution >= 4 is 22.5 Å². The van der Waals surface area contributed by atoms with Crippen LogP contribution in [0.4, 0.5) is 5.69 Å². The Morgan fingerprint density at radius 2 is 1.68 bits per heavy atom. The van der Waals surface area contributed by atoms with Gasteiger partial charge in [0.1, 0.15) is 12.4 Å². The van der Waals surface area contributed by atoms with E-state index in [0.717, 1.165) is 30.5 Å². The van der Waals surface area contributed by atoms with Crippen LogP contribution in [0, 0.1) is 0 Å². The molecular weight excluding hydrogens is 554 g/mol. The van der Waals surface area contributed by atoms with E-state index in [0.29, 0.717) is 53.3 Å². The van der Waals surface area contributed by atoms with Gasteiger partial charge in [0.2, 0.25) is 5.91 Å². The number of carbonyl (C=O) groups is 1. The van der Waals surface area contributed by atoms with Crippen molar-refractivity contribution in [3.8, 4) is 11.4 Å². The first-order valence-corrected chi connectivity index (χ1v) is 15.1. The Hall–Kier alpha value is -4.89. The van der Waals surface area contributed by atoms with Crippen molar-refractivity contribution in [2.45, 2.75) is 52.8 Å². The highest BCUT2D eigenvalue weighted by molar-refractivity contribution is 5.90. The van der Waals surface area contributed by atoms with E-state index in [9.17, 15) is 14.4 Å². The second kappa shape index (κ2) is 14.1. The molecule has 0 aliphatic rings. The predicted octanol–water partition coefficient (Wildman–Crippen LogP) is 5.69. The van der Waals surface area contributed by atoms with E-state index in [1.54, 1.807) is 11.5 Å². The number of aromatic nitrogens is 3. The van der Waals surface area contributed by atoms with Gasteiger partial charge >= 0.3 is 0 Å². The lowest BCUT2D eigenvalue weighted by Gasteiger charge is -2.20. The van der Waals surface area contributed by atoms with E-state index in [2.05, 4.69) is 22.2 Å². The van der Waals surface area contributed by atoms with Gasteiger partial charge in [-0.2, -0.15) is 0 Å². The van der Waals surface area contributed by atoms with Crippen LogP contribution in [0.1, 0.15) is 49.9 Å². The molecule has 0 fully saturated rings. The van der Waals surface area contributed by atoms with Gasteiger partial charge in [-0.05, 0) is 67.5 Å². The summed E-state index contributed by atoms with van der Waals surface area (Å²) in [6, 6.07) is 26.2. The van der Waals surface area contributed by atoms with Crippen molar-refractivity contribution in [1.82, 2.24) is 19.2 Å². The Bertz CT molecular complexity index is 1840. The molecule has 0 radical (unpaired) electrons. The highest BCUT2D eigenvalue weighted by Crippen LogP contribution is 2.21. The zero-order valence-corrected chi connectivity index (χ0v) is 25.5.